The van der Waals surface area contributed by atoms with Gasteiger partial charge < -0.3 is 4.74 Å². The maximum absolute atomic E-state index is 15.2. The van der Waals surface area contributed by atoms with Crippen molar-refractivity contribution in [2.45, 2.75) is 141 Å². The first kappa shape index (κ1) is 26.2. The van der Waals surface area contributed by atoms with Gasteiger partial charge in [-0.3, -0.25) is 0 Å². The molecule has 186 valence electrons. The Balaban J connectivity index is 1.42. The van der Waals surface area contributed by atoms with Crippen molar-refractivity contribution in [3.8, 4) is 0 Å². The second-order valence-corrected chi connectivity index (χ2v) is 11.3. The Bertz CT molecular complexity index is 521. The van der Waals surface area contributed by atoms with Crippen LogP contribution in [-0.4, -0.2) is 24.6 Å². The standard InChI is InChI=1S/C29H50F2O/c1-4-7-8-10-25(6-3)32-27-20-19-26(28(30)29(27)31)24-17-15-23(16-18-24)22-13-11-21(9-5-2)12-14-22/h6,21-29H,3-5,7-20H2,1-2H3. The maximum atomic E-state index is 15.2. The van der Waals surface area contributed by atoms with Gasteiger partial charge in [-0.1, -0.05) is 64.9 Å². The van der Waals surface area contributed by atoms with Crippen LogP contribution in [0.25, 0.3) is 0 Å². The van der Waals surface area contributed by atoms with Gasteiger partial charge in [-0.05, 0) is 87.4 Å². The highest BCUT2D eigenvalue weighted by Crippen LogP contribution is 2.47. The van der Waals surface area contributed by atoms with Gasteiger partial charge in [-0.25, -0.2) is 8.78 Å². The van der Waals surface area contributed by atoms with E-state index in [1.807, 2.05) is 0 Å². The third kappa shape index (κ3) is 7.03. The normalized spacial score (nSPS) is 39.5. The Morgan fingerprint density at radius 3 is 2.00 bits per heavy atom. The molecule has 0 aromatic carbocycles. The van der Waals surface area contributed by atoms with Crippen LogP contribution in [0.15, 0.2) is 12.7 Å². The molecule has 32 heavy (non-hydrogen) atoms. The fraction of sp³-hybridized carbons (Fsp3) is 0.931. The zero-order chi connectivity index (χ0) is 22.9. The maximum Gasteiger partial charge on any atom is 0.157 e. The summed E-state index contributed by atoms with van der Waals surface area (Å²) in [6.45, 7) is 8.33. The number of ether oxygens (including phenoxy) is 1. The Kier molecular flexibility index (Phi) is 11.0. The van der Waals surface area contributed by atoms with Crippen LogP contribution in [0.5, 0.6) is 0 Å². The highest BCUT2D eigenvalue weighted by Gasteiger charge is 2.45. The van der Waals surface area contributed by atoms with Crippen molar-refractivity contribution in [2.75, 3.05) is 0 Å². The number of unbranched alkanes of at least 4 members (excludes halogenated alkanes) is 2. The van der Waals surface area contributed by atoms with E-state index in [9.17, 15) is 0 Å². The molecule has 0 saturated heterocycles. The van der Waals surface area contributed by atoms with Gasteiger partial charge in [0.25, 0.3) is 0 Å². The van der Waals surface area contributed by atoms with E-state index in [1.54, 1.807) is 6.08 Å². The van der Waals surface area contributed by atoms with Gasteiger partial charge in [0.15, 0.2) is 6.17 Å². The monoisotopic (exact) mass is 452 g/mol. The third-order valence-corrected chi connectivity index (χ3v) is 9.23. The molecule has 3 heteroatoms. The number of hydrogen-bond donors (Lipinski definition) is 0. The van der Waals surface area contributed by atoms with Crippen molar-refractivity contribution in [3.63, 3.8) is 0 Å². The molecule has 5 atom stereocenters. The lowest BCUT2D eigenvalue weighted by Crippen LogP contribution is -2.46. The highest BCUT2D eigenvalue weighted by molar-refractivity contribution is 4.95. The molecule has 0 aliphatic heterocycles. The average molecular weight is 453 g/mol. The zero-order valence-corrected chi connectivity index (χ0v) is 21.0. The van der Waals surface area contributed by atoms with Gasteiger partial charge in [-0.15, -0.1) is 6.58 Å². The average Bonchev–Trinajstić information content (AvgIpc) is 2.82. The summed E-state index contributed by atoms with van der Waals surface area (Å²) in [5.41, 5.74) is 0. The Morgan fingerprint density at radius 1 is 0.781 bits per heavy atom. The first-order chi connectivity index (χ1) is 15.6. The van der Waals surface area contributed by atoms with E-state index in [2.05, 4.69) is 20.4 Å². The lowest BCUT2D eigenvalue weighted by Gasteiger charge is -2.43. The molecular formula is C29H50F2O. The molecule has 0 bridgehead atoms. The quantitative estimate of drug-likeness (QED) is 0.224. The first-order valence-corrected chi connectivity index (χ1v) is 14.1. The van der Waals surface area contributed by atoms with E-state index in [0.29, 0.717) is 12.3 Å². The summed E-state index contributed by atoms with van der Waals surface area (Å²) in [5.74, 6) is 2.96. The van der Waals surface area contributed by atoms with E-state index < -0.39 is 18.4 Å². The smallest absolute Gasteiger partial charge is 0.157 e. The molecule has 0 spiro atoms. The van der Waals surface area contributed by atoms with Crippen molar-refractivity contribution in [1.82, 2.24) is 0 Å². The summed E-state index contributed by atoms with van der Waals surface area (Å²) in [7, 11) is 0. The highest BCUT2D eigenvalue weighted by atomic mass is 19.2. The molecule has 0 amide bonds. The number of rotatable bonds is 11. The molecule has 3 saturated carbocycles. The lowest BCUT2D eigenvalue weighted by atomic mass is 9.65. The molecule has 3 rings (SSSR count). The fourth-order valence-corrected chi connectivity index (χ4v) is 7.22. The Morgan fingerprint density at radius 2 is 1.41 bits per heavy atom. The van der Waals surface area contributed by atoms with Gasteiger partial charge in [0.1, 0.15) is 6.17 Å². The predicted molar refractivity (Wildman–Crippen MR) is 131 cm³/mol. The first-order valence-electron chi connectivity index (χ1n) is 14.1. The molecule has 3 aliphatic carbocycles. The lowest BCUT2D eigenvalue weighted by molar-refractivity contribution is -0.105. The molecule has 1 nitrogen and oxygen atoms in total. The minimum atomic E-state index is -1.48. The minimum Gasteiger partial charge on any atom is -0.368 e. The summed E-state index contributed by atoms with van der Waals surface area (Å²) in [4.78, 5) is 0. The molecule has 0 aromatic rings. The van der Waals surface area contributed by atoms with E-state index >= 15 is 8.78 Å². The van der Waals surface area contributed by atoms with Crippen LogP contribution < -0.4 is 0 Å². The molecule has 0 heterocycles. The van der Waals surface area contributed by atoms with Crippen molar-refractivity contribution in [2.24, 2.45) is 29.6 Å². The minimum absolute atomic E-state index is 0.103. The molecule has 0 radical (unpaired) electrons. The summed E-state index contributed by atoms with van der Waals surface area (Å²) in [6, 6.07) is 0. The molecule has 5 unspecified atom stereocenters. The van der Waals surface area contributed by atoms with Gasteiger partial charge in [-0.2, -0.15) is 0 Å². The topological polar surface area (TPSA) is 9.23 Å². The van der Waals surface area contributed by atoms with Crippen LogP contribution in [0.1, 0.15) is 117 Å². The number of alkyl halides is 2. The number of hydrogen-bond acceptors (Lipinski definition) is 1. The van der Waals surface area contributed by atoms with Crippen molar-refractivity contribution in [3.05, 3.63) is 12.7 Å². The summed E-state index contributed by atoms with van der Waals surface area (Å²) >= 11 is 0. The molecular weight excluding hydrogens is 402 g/mol. The van der Waals surface area contributed by atoms with Crippen LogP contribution in [-0.2, 0) is 4.74 Å². The Labute approximate surface area is 197 Å². The zero-order valence-electron chi connectivity index (χ0n) is 21.0. The van der Waals surface area contributed by atoms with E-state index in [1.165, 1.54) is 51.4 Å². The van der Waals surface area contributed by atoms with E-state index in [-0.39, 0.29) is 12.0 Å². The summed E-state index contributed by atoms with van der Waals surface area (Å²) in [6.07, 6.45) is 16.9. The van der Waals surface area contributed by atoms with Crippen LogP contribution in [0.2, 0.25) is 0 Å². The van der Waals surface area contributed by atoms with Gasteiger partial charge >= 0.3 is 0 Å². The number of halogens is 2. The van der Waals surface area contributed by atoms with Crippen LogP contribution in [0.4, 0.5) is 8.78 Å². The van der Waals surface area contributed by atoms with Crippen molar-refractivity contribution in [1.29, 1.82) is 0 Å². The molecule has 3 fully saturated rings. The Hall–Kier alpha value is -0.440. The second-order valence-electron chi connectivity index (χ2n) is 11.3. The van der Waals surface area contributed by atoms with Crippen molar-refractivity contribution < 1.29 is 13.5 Å². The van der Waals surface area contributed by atoms with E-state index in [0.717, 1.165) is 62.7 Å². The predicted octanol–water partition coefficient (Wildman–Crippen LogP) is 9.01. The SMILES string of the molecule is C=CC(CCCCC)OC1CCC(C2CCC(C3CCC(CCC)CC3)CC2)C(F)C1F. The van der Waals surface area contributed by atoms with Gasteiger partial charge in [0, 0.05) is 0 Å². The summed E-state index contributed by atoms with van der Waals surface area (Å²) in [5, 5.41) is 0. The fourth-order valence-electron chi connectivity index (χ4n) is 7.22. The molecule has 0 aromatic heterocycles. The third-order valence-electron chi connectivity index (χ3n) is 9.23. The second kappa shape index (κ2) is 13.4. The largest absolute Gasteiger partial charge is 0.368 e. The van der Waals surface area contributed by atoms with Crippen LogP contribution in [0.3, 0.4) is 0 Å². The molecule has 3 aliphatic rings. The van der Waals surface area contributed by atoms with Crippen LogP contribution in [0, 0.1) is 29.6 Å². The molecule has 0 N–H and O–H groups in total. The van der Waals surface area contributed by atoms with Crippen molar-refractivity contribution >= 4 is 0 Å². The van der Waals surface area contributed by atoms with E-state index in [4.69, 9.17) is 4.74 Å². The van der Waals surface area contributed by atoms with Gasteiger partial charge in [0.05, 0.1) is 12.2 Å². The van der Waals surface area contributed by atoms with Crippen LogP contribution >= 0.6 is 0 Å². The van der Waals surface area contributed by atoms with Gasteiger partial charge in [0.2, 0.25) is 0 Å². The summed E-state index contributed by atoms with van der Waals surface area (Å²) < 4.78 is 36.3.